The van der Waals surface area contributed by atoms with Crippen LogP contribution in [0.15, 0.2) is 37.3 Å². The third-order valence-corrected chi connectivity index (χ3v) is 6.43. The van der Waals surface area contributed by atoms with Gasteiger partial charge in [0.15, 0.2) is 11.5 Å². The third kappa shape index (κ3) is 5.22. The molecule has 176 valence electrons. The number of allylic oxidation sites excluding steroid dienone is 2. The van der Waals surface area contributed by atoms with Gasteiger partial charge in [0.1, 0.15) is 10.7 Å². The highest BCUT2D eigenvalue weighted by Gasteiger charge is 2.29. The number of nitrogens with zero attached hydrogens (tertiary/aromatic N) is 5. The summed E-state index contributed by atoms with van der Waals surface area (Å²) in [6.07, 6.45) is 8.81. The quantitative estimate of drug-likeness (QED) is 0.448. The van der Waals surface area contributed by atoms with Crippen LogP contribution in [0.1, 0.15) is 43.8 Å². The molecule has 3 aromatic heterocycles. The number of piperidine rings is 1. The number of anilines is 2. The van der Waals surface area contributed by atoms with E-state index < -0.39 is 5.92 Å². The van der Waals surface area contributed by atoms with Crippen LogP contribution < -0.4 is 10.6 Å². The van der Waals surface area contributed by atoms with E-state index in [0.29, 0.717) is 17.3 Å². The fraction of sp³-hybridized carbons (Fsp3) is 0.435. The summed E-state index contributed by atoms with van der Waals surface area (Å²) in [5, 5.41) is 6.86. The highest BCUT2D eigenvalue weighted by atomic mass is 32.1. The van der Waals surface area contributed by atoms with E-state index in [1.54, 1.807) is 29.9 Å². The number of halogens is 2. The Morgan fingerprint density at radius 2 is 2.24 bits per heavy atom. The molecule has 0 radical (unpaired) electrons. The van der Waals surface area contributed by atoms with Crippen molar-refractivity contribution in [2.45, 2.75) is 39.2 Å². The second kappa shape index (κ2) is 9.56. The first kappa shape index (κ1) is 23.3. The van der Waals surface area contributed by atoms with Gasteiger partial charge in [0, 0.05) is 45.0 Å². The molecule has 4 rings (SSSR count). The molecule has 2 N–H and O–H groups in total. The number of rotatable bonds is 8. The van der Waals surface area contributed by atoms with E-state index in [4.69, 9.17) is 0 Å². The lowest BCUT2D eigenvalue weighted by atomic mass is 10.0. The molecule has 0 amide bonds. The molecule has 1 fully saturated rings. The van der Waals surface area contributed by atoms with Gasteiger partial charge >= 0.3 is 0 Å². The summed E-state index contributed by atoms with van der Waals surface area (Å²) in [5.41, 5.74) is 2.41. The van der Waals surface area contributed by atoms with Crippen LogP contribution >= 0.6 is 11.5 Å². The van der Waals surface area contributed by atoms with Crippen molar-refractivity contribution >= 4 is 33.6 Å². The van der Waals surface area contributed by atoms with Crippen molar-refractivity contribution in [1.29, 1.82) is 0 Å². The predicted molar refractivity (Wildman–Crippen MR) is 129 cm³/mol. The summed E-state index contributed by atoms with van der Waals surface area (Å²) in [6.45, 7) is 9.85. The molecule has 7 nitrogen and oxygen atoms in total. The molecule has 4 heterocycles. The van der Waals surface area contributed by atoms with E-state index in [1.807, 2.05) is 6.07 Å². The van der Waals surface area contributed by atoms with Crippen LogP contribution in [0.2, 0.25) is 0 Å². The summed E-state index contributed by atoms with van der Waals surface area (Å²) < 4.78 is 34.7. The maximum Gasteiger partial charge on any atom is 0.288 e. The van der Waals surface area contributed by atoms with Crippen molar-refractivity contribution in [2.75, 3.05) is 25.5 Å². The zero-order chi connectivity index (χ0) is 23.6. The Bertz CT molecular complexity index is 1160. The Balaban J connectivity index is 1.66. The summed E-state index contributed by atoms with van der Waals surface area (Å²) in [6, 6.07) is 1.96. The summed E-state index contributed by atoms with van der Waals surface area (Å²) >= 11 is 1.29. The predicted octanol–water partition coefficient (Wildman–Crippen LogP) is 5.02. The minimum Gasteiger partial charge on any atom is -0.393 e. The lowest BCUT2D eigenvalue weighted by Gasteiger charge is -2.30. The maximum atomic E-state index is 14.3. The first-order valence-electron chi connectivity index (χ1n) is 11.0. The van der Waals surface area contributed by atoms with E-state index in [9.17, 15) is 8.78 Å². The second-order valence-electron chi connectivity index (χ2n) is 8.58. The van der Waals surface area contributed by atoms with Gasteiger partial charge in [-0.3, -0.25) is 9.30 Å². The van der Waals surface area contributed by atoms with Gasteiger partial charge in [-0.25, -0.2) is 9.97 Å². The van der Waals surface area contributed by atoms with Gasteiger partial charge in [0.2, 0.25) is 0 Å². The van der Waals surface area contributed by atoms with Crippen LogP contribution in [0.3, 0.4) is 0 Å². The third-order valence-electron chi connectivity index (χ3n) is 5.68. The van der Waals surface area contributed by atoms with Crippen LogP contribution in [-0.4, -0.2) is 43.8 Å². The lowest BCUT2D eigenvalue weighted by Crippen LogP contribution is -2.33. The average Bonchev–Trinajstić information content (AvgIpc) is 3.38. The molecule has 1 aliphatic heterocycles. The summed E-state index contributed by atoms with van der Waals surface area (Å²) in [5.74, 6) is -2.16. The van der Waals surface area contributed by atoms with Crippen molar-refractivity contribution in [3.63, 3.8) is 0 Å². The van der Waals surface area contributed by atoms with Gasteiger partial charge in [0.25, 0.3) is 5.92 Å². The highest BCUT2D eigenvalue weighted by molar-refractivity contribution is 7.10. The van der Waals surface area contributed by atoms with Gasteiger partial charge in [-0.2, -0.15) is 13.2 Å². The van der Waals surface area contributed by atoms with Crippen LogP contribution in [-0.2, 0) is 12.5 Å². The van der Waals surface area contributed by atoms with Crippen molar-refractivity contribution < 1.29 is 8.78 Å². The Labute approximate surface area is 196 Å². The first-order valence-corrected chi connectivity index (χ1v) is 11.8. The van der Waals surface area contributed by atoms with Crippen LogP contribution in [0.4, 0.5) is 19.6 Å². The molecule has 1 unspecified atom stereocenters. The van der Waals surface area contributed by atoms with Gasteiger partial charge in [-0.1, -0.05) is 19.6 Å². The molecule has 1 aliphatic rings. The number of hydrogen-bond acceptors (Lipinski definition) is 7. The fourth-order valence-electron chi connectivity index (χ4n) is 4.11. The minimum atomic E-state index is -3.11. The van der Waals surface area contributed by atoms with Crippen molar-refractivity contribution in [3.05, 3.63) is 54.4 Å². The first-order chi connectivity index (χ1) is 15.8. The molecule has 0 bridgehead atoms. The van der Waals surface area contributed by atoms with Gasteiger partial charge < -0.3 is 10.6 Å². The molecular weight excluding hydrogens is 444 g/mol. The molecule has 3 aromatic rings. The minimum absolute atomic E-state index is 0.259. The topological polar surface area (TPSA) is 70.4 Å². The Hall–Kier alpha value is -2.85. The number of imidazole rings is 1. The van der Waals surface area contributed by atoms with E-state index in [0.717, 1.165) is 42.8 Å². The summed E-state index contributed by atoms with van der Waals surface area (Å²) in [4.78, 5) is 11.1. The maximum absolute atomic E-state index is 14.3. The Morgan fingerprint density at radius 1 is 1.42 bits per heavy atom. The smallest absolute Gasteiger partial charge is 0.288 e. The Morgan fingerprint density at radius 3 is 2.94 bits per heavy atom. The highest BCUT2D eigenvalue weighted by Crippen LogP contribution is 2.32. The molecule has 0 spiro atoms. The van der Waals surface area contributed by atoms with Crippen molar-refractivity contribution in [3.8, 4) is 0 Å². The normalized spacial score (nSPS) is 18.0. The van der Waals surface area contributed by atoms with Crippen molar-refractivity contribution in [2.24, 2.45) is 5.92 Å². The average molecular weight is 474 g/mol. The molecule has 0 aromatic carbocycles. The lowest BCUT2D eigenvalue weighted by molar-refractivity contribution is 0.0124. The standard InChI is InChI=1S/C23H29F2N7S/c1-5-16(10-26-4)18-11-27-22-21(28-19(14-32(18)22)23(3,24)25)29-20-9-17(30-33-20)13-31-8-6-7-15(2)12-31/h5,9-11,14-15,26H,1,6-8,12-13H2,2-4H3,(H,28,29)/b16-10+. The fourth-order valence-corrected chi connectivity index (χ4v) is 4.77. The molecule has 1 atom stereocenters. The zero-order valence-electron chi connectivity index (χ0n) is 19.1. The number of aromatic nitrogens is 4. The van der Waals surface area contributed by atoms with Crippen LogP contribution in [0.5, 0.6) is 0 Å². The largest absolute Gasteiger partial charge is 0.393 e. The molecular formula is C23H29F2N7S. The van der Waals surface area contributed by atoms with Crippen molar-refractivity contribution in [1.82, 2.24) is 29.0 Å². The van der Waals surface area contributed by atoms with E-state index >= 15 is 0 Å². The number of likely N-dealkylation sites (tertiary alicyclic amines) is 1. The van der Waals surface area contributed by atoms with Gasteiger partial charge in [-0.05, 0) is 42.9 Å². The second-order valence-corrected chi connectivity index (χ2v) is 9.39. The SMILES string of the molecule is C=C/C(=C\NC)c1cnc2c(Nc3cc(CN4CCCC(C)C4)ns3)nc(C(C)(F)F)cn12. The number of alkyl halides is 2. The molecule has 33 heavy (non-hydrogen) atoms. The Kier molecular flexibility index (Phi) is 6.76. The van der Waals surface area contributed by atoms with Crippen LogP contribution in [0, 0.1) is 5.92 Å². The number of nitrogens with one attached hydrogen (secondary N) is 2. The van der Waals surface area contributed by atoms with E-state index in [-0.39, 0.29) is 11.5 Å². The van der Waals surface area contributed by atoms with Gasteiger partial charge in [0.05, 0.1) is 17.6 Å². The van der Waals surface area contributed by atoms with E-state index in [2.05, 4.69) is 43.4 Å². The van der Waals surface area contributed by atoms with Crippen LogP contribution in [0.25, 0.3) is 11.2 Å². The zero-order valence-corrected chi connectivity index (χ0v) is 19.9. The monoisotopic (exact) mass is 473 g/mol. The van der Waals surface area contributed by atoms with E-state index in [1.165, 1.54) is 30.6 Å². The molecule has 10 heteroatoms. The molecule has 0 saturated carbocycles. The molecule has 0 aliphatic carbocycles. The summed E-state index contributed by atoms with van der Waals surface area (Å²) in [7, 11) is 1.76. The number of fused-ring (bicyclic) bond motifs is 1. The number of hydrogen-bond donors (Lipinski definition) is 2. The molecule has 1 saturated heterocycles. The van der Waals surface area contributed by atoms with Gasteiger partial charge in [-0.15, -0.1) is 0 Å².